The van der Waals surface area contributed by atoms with Crippen molar-refractivity contribution in [3.05, 3.63) is 24.2 Å². The number of carbonyl (C=O) groups is 2. The lowest BCUT2D eigenvalue weighted by Gasteiger charge is -2.11. The number of aliphatic hydroxyl groups excluding tert-OH is 1. The van der Waals surface area contributed by atoms with E-state index < -0.39 is 17.9 Å². The van der Waals surface area contributed by atoms with Gasteiger partial charge in [0.15, 0.2) is 0 Å². The van der Waals surface area contributed by atoms with E-state index in [0.29, 0.717) is 0 Å². The fraction of sp³-hybridized carbons (Fsp3) is 0.333. The van der Waals surface area contributed by atoms with Crippen LogP contribution >= 0.6 is 0 Å². The second-order valence-electron chi connectivity index (χ2n) is 2.89. The normalized spacial score (nSPS) is 12.1. The van der Waals surface area contributed by atoms with Crippen LogP contribution in [0.25, 0.3) is 0 Å². The Morgan fingerprint density at radius 3 is 2.73 bits per heavy atom. The van der Waals surface area contributed by atoms with E-state index in [0.717, 1.165) is 0 Å². The van der Waals surface area contributed by atoms with Crippen LogP contribution in [-0.2, 0) is 4.79 Å². The first-order valence-electron chi connectivity index (χ1n) is 4.32. The van der Waals surface area contributed by atoms with Crippen molar-refractivity contribution in [3.8, 4) is 0 Å². The van der Waals surface area contributed by atoms with Crippen LogP contribution < -0.4 is 5.32 Å². The number of aliphatic hydroxyl groups is 1. The van der Waals surface area contributed by atoms with Gasteiger partial charge in [0, 0.05) is 13.0 Å². The summed E-state index contributed by atoms with van der Waals surface area (Å²) >= 11 is 0. The molecule has 1 rings (SSSR count). The average molecular weight is 213 g/mol. The Bertz CT molecular complexity index is 332. The number of hydrogen-bond acceptors (Lipinski definition) is 4. The molecule has 0 spiro atoms. The van der Waals surface area contributed by atoms with Crippen molar-refractivity contribution >= 4 is 11.9 Å². The van der Waals surface area contributed by atoms with Gasteiger partial charge in [0.05, 0.1) is 11.8 Å². The quantitative estimate of drug-likeness (QED) is 0.631. The monoisotopic (exact) mass is 213 g/mol. The molecule has 6 heteroatoms. The first-order chi connectivity index (χ1) is 7.15. The van der Waals surface area contributed by atoms with Crippen LogP contribution in [0.3, 0.4) is 0 Å². The predicted molar refractivity (Wildman–Crippen MR) is 49.3 cm³/mol. The third kappa shape index (κ3) is 3.10. The van der Waals surface area contributed by atoms with Crippen molar-refractivity contribution in [3.63, 3.8) is 0 Å². The van der Waals surface area contributed by atoms with Crippen molar-refractivity contribution in [2.75, 3.05) is 6.61 Å². The summed E-state index contributed by atoms with van der Waals surface area (Å²) in [4.78, 5) is 22.0. The predicted octanol–water partition coefficient (Wildman–Crippen LogP) is -0.155. The highest BCUT2D eigenvalue weighted by Gasteiger charge is 2.20. The van der Waals surface area contributed by atoms with Gasteiger partial charge in [-0.05, 0) is 6.07 Å². The molecule has 6 nitrogen and oxygen atoms in total. The molecule has 0 aromatic carbocycles. The lowest BCUT2D eigenvalue weighted by molar-refractivity contribution is -0.139. The van der Waals surface area contributed by atoms with Gasteiger partial charge in [-0.15, -0.1) is 0 Å². The summed E-state index contributed by atoms with van der Waals surface area (Å²) in [6, 6.07) is 0.338. The molecule has 1 aromatic rings. The summed E-state index contributed by atoms with van der Waals surface area (Å²) < 4.78 is 4.68. The average Bonchev–Trinajstić information content (AvgIpc) is 2.69. The second kappa shape index (κ2) is 5.16. The largest absolute Gasteiger partial charge is 0.480 e. The Labute approximate surface area is 85.5 Å². The highest BCUT2D eigenvalue weighted by atomic mass is 16.4. The molecule has 0 aliphatic carbocycles. The standard InChI is InChI=1S/C9H11NO5/c11-3-1-7(9(13)14)10-8(12)6-2-4-15-5-6/h2,4-5,7,11H,1,3H2,(H,10,12)(H,13,14)/t7-/m1/s1. The van der Waals surface area contributed by atoms with Gasteiger partial charge in [0.1, 0.15) is 12.3 Å². The maximum absolute atomic E-state index is 11.4. The molecule has 15 heavy (non-hydrogen) atoms. The minimum Gasteiger partial charge on any atom is -0.480 e. The Morgan fingerprint density at radius 1 is 1.53 bits per heavy atom. The van der Waals surface area contributed by atoms with Crippen molar-refractivity contribution < 1.29 is 24.2 Å². The lowest BCUT2D eigenvalue weighted by Crippen LogP contribution is -2.41. The Hall–Kier alpha value is -1.82. The fourth-order valence-electron chi connectivity index (χ4n) is 1.02. The summed E-state index contributed by atoms with van der Waals surface area (Å²) in [5, 5.41) is 19.6. The molecule has 1 aromatic heterocycles. The maximum atomic E-state index is 11.4. The molecule has 0 fully saturated rings. The molecule has 0 aliphatic heterocycles. The minimum absolute atomic E-state index is 0.0288. The van der Waals surface area contributed by atoms with E-state index in [1.807, 2.05) is 0 Å². The molecule has 0 aliphatic rings. The van der Waals surface area contributed by atoms with E-state index in [-0.39, 0.29) is 18.6 Å². The highest BCUT2D eigenvalue weighted by molar-refractivity contribution is 5.96. The molecule has 0 unspecified atom stereocenters. The van der Waals surface area contributed by atoms with Gasteiger partial charge < -0.3 is 19.9 Å². The van der Waals surface area contributed by atoms with E-state index in [2.05, 4.69) is 9.73 Å². The molecule has 3 N–H and O–H groups in total. The number of nitrogens with one attached hydrogen (secondary N) is 1. The van der Waals surface area contributed by atoms with E-state index in [9.17, 15) is 9.59 Å². The number of amides is 1. The van der Waals surface area contributed by atoms with Gasteiger partial charge in [-0.2, -0.15) is 0 Å². The van der Waals surface area contributed by atoms with Crippen LogP contribution in [0.2, 0.25) is 0 Å². The summed E-state index contributed by atoms with van der Waals surface area (Å²) in [7, 11) is 0. The molecule has 0 saturated heterocycles. The van der Waals surface area contributed by atoms with Gasteiger partial charge in [-0.1, -0.05) is 0 Å². The van der Waals surface area contributed by atoms with Crippen molar-refractivity contribution in [2.24, 2.45) is 0 Å². The first-order valence-corrected chi connectivity index (χ1v) is 4.32. The Kier molecular flexibility index (Phi) is 3.87. The van der Waals surface area contributed by atoms with Crippen LogP contribution in [-0.4, -0.2) is 34.7 Å². The van der Waals surface area contributed by atoms with Gasteiger partial charge >= 0.3 is 5.97 Å². The third-order valence-electron chi connectivity index (χ3n) is 1.80. The van der Waals surface area contributed by atoms with Crippen LogP contribution in [0.15, 0.2) is 23.0 Å². The van der Waals surface area contributed by atoms with Crippen molar-refractivity contribution in [1.82, 2.24) is 5.32 Å². The summed E-state index contributed by atoms with van der Waals surface area (Å²) in [5.74, 6) is -1.72. The smallest absolute Gasteiger partial charge is 0.326 e. The number of carboxylic acid groups (broad SMARTS) is 1. The van der Waals surface area contributed by atoms with Crippen LogP contribution in [0, 0.1) is 0 Å². The number of rotatable bonds is 5. The molecule has 0 saturated carbocycles. The number of carboxylic acids is 1. The first kappa shape index (κ1) is 11.3. The molecule has 1 amide bonds. The van der Waals surface area contributed by atoms with Gasteiger partial charge in [-0.3, -0.25) is 4.79 Å². The maximum Gasteiger partial charge on any atom is 0.326 e. The van der Waals surface area contributed by atoms with Gasteiger partial charge in [0.25, 0.3) is 5.91 Å². The van der Waals surface area contributed by atoms with Crippen molar-refractivity contribution in [1.29, 1.82) is 0 Å². The third-order valence-corrected chi connectivity index (χ3v) is 1.80. The molecule has 0 bridgehead atoms. The van der Waals surface area contributed by atoms with E-state index in [4.69, 9.17) is 10.2 Å². The zero-order chi connectivity index (χ0) is 11.3. The molecule has 1 atom stereocenters. The molecule has 1 heterocycles. The van der Waals surface area contributed by atoms with Crippen LogP contribution in [0.4, 0.5) is 0 Å². The molecular formula is C9H11NO5. The highest BCUT2D eigenvalue weighted by Crippen LogP contribution is 2.01. The summed E-state index contributed by atoms with van der Waals surface area (Å²) in [5.41, 5.74) is 0.249. The van der Waals surface area contributed by atoms with Gasteiger partial charge in [-0.25, -0.2) is 4.79 Å². The fourth-order valence-corrected chi connectivity index (χ4v) is 1.02. The van der Waals surface area contributed by atoms with Crippen LogP contribution in [0.1, 0.15) is 16.8 Å². The Morgan fingerprint density at radius 2 is 2.27 bits per heavy atom. The zero-order valence-electron chi connectivity index (χ0n) is 7.84. The minimum atomic E-state index is -1.18. The van der Waals surface area contributed by atoms with Gasteiger partial charge in [0.2, 0.25) is 0 Å². The second-order valence-corrected chi connectivity index (χ2v) is 2.89. The van der Waals surface area contributed by atoms with E-state index in [1.54, 1.807) is 0 Å². The zero-order valence-corrected chi connectivity index (χ0v) is 7.84. The molecule has 0 radical (unpaired) electrons. The topological polar surface area (TPSA) is 99.8 Å². The number of carbonyl (C=O) groups excluding carboxylic acids is 1. The summed E-state index contributed by atoms with van der Waals surface area (Å²) in [6.45, 7) is -0.303. The Balaban J connectivity index is 2.59. The molecule has 82 valence electrons. The van der Waals surface area contributed by atoms with Crippen LogP contribution in [0.5, 0.6) is 0 Å². The number of hydrogen-bond donors (Lipinski definition) is 3. The molecular weight excluding hydrogens is 202 g/mol. The lowest BCUT2D eigenvalue weighted by atomic mass is 10.2. The SMILES string of the molecule is O=C(N[C@H](CCO)C(=O)O)c1ccoc1. The summed E-state index contributed by atoms with van der Waals surface area (Å²) in [6.07, 6.45) is 2.50. The van der Waals surface area contributed by atoms with E-state index in [1.165, 1.54) is 18.6 Å². The number of furan rings is 1. The number of aliphatic carboxylic acids is 1. The van der Waals surface area contributed by atoms with E-state index >= 15 is 0 Å². The van der Waals surface area contributed by atoms with Crippen molar-refractivity contribution in [2.45, 2.75) is 12.5 Å².